The zero-order valence-electron chi connectivity index (χ0n) is 13.5. The van der Waals surface area contributed by atoms with E-state index in [0.717, 1.165) is 4.47 Å². The van der Waals surface area contributed by atoms with Crippen LogP contribution in [0.2, 0.25) is 0 Å². The van der Waals surface area contributed by atoms with E-state index in [-0.39, 0.29) is 11.6 Å². The van der Waals surface area contributed by atoms with Gasteiger partial charge in [0.25, 0.3) is 0 Å². The Morgan fingerprint density at radius 2 is 1.92 bits per heavy atom. The smallest absolute Gasteiger partial charge is 0.165 e. The summed E-state index contributed by atoms with van der Waals surface area (Å²) in [5.41, 5.74) is 4.28. The number of phenols is 1. The Balaban J connectivity index is 1.90. The molecule has 0 radical (unpaired) electrons. The lowest BCUT2D eigenvalue weighted by molar-refractivity contribution is 0.473. The standard InChI is InChI=1S/C18H13Br2FN4O/c1-10-6-16(25-22-9-11-4-2-3-5-15(11)21)24-18(23-10)13-7-12(19)8-14(20)17(13)26/h2-9,26H,1H3,(H,23,24,25)/b22-9-. The van der Waals surface area contributed by atoms with Crippen LogP contribution in [-0.4, -0.2) is 21.3 Å². The molecule has 0 fully saturated rings. The first-order chi connectivity index (χ1) is 12.4. The number of anilines is 1. The van der Waals surface area contributed by atoms with E-state index in [4.69, 9.17) is 0 Å². The molecule has 0 aliphatic rings. The number of nitrogens with one attached hydrogen (secondary N) is 1. The van der Waals surface area contributed by atoms with E-state index in [1.165, 1.54) is 12.3 Å². The second-order valence-corrected chi connectivity index (χ2v) is 7.16. The van der Waals surface area contributed by atoms with Crippen LogP contribution < -0.4 is 5.43 Å². The van der Waals surface area contributed by atoms with Gasteiger partial charge in [-0.15, -0.1) is 0 Å². The molecule has 0 saturated carbocycles. The number of halogens is 3. The molecule has 2 aromatic carbocycles. The first kappa shape index (κ1) is 18.5. The summed E-state index contributed by atoms with van der Waals surface area (Å²) in [6, 6.07) is 11.5. The van der Waals surface area contributed by atoms with E-state index in [1.807, 2.05) is 0 Å². The highest BCUT2D eigenvalue weighted by molar-refractivity contribution is 9.11. The number of hydrazone groups is 1. The van der Waals surface area contributed by atoms with Gasteiger partial charge in [0.2, 0.25) is 0 Å². The second-order valence-electron chi connectivity index (χ2n) is 5.39. The van der Waals surface area contributed by atoms with Gasteiger partial charge < -0.3 is 5.11 Å². The molecule has 0 atom stereocenters. The third kappa shape index (κ3) is 4.25. The zero-order valence-corrected chi connectivity index (χ0v) is 16.7. The van der Waals surface area contributed by atoms with Crippen LogP contribution in [-0.2, 0) is 0 Å². The van der Waals surface area contributed by atoms with E-state index in [0.29, 0.717) is 32.9 Å². The van der Waals surface area contributed by atoms with Gasteiger partial charge in [0.1, 0.15) is 11.6 Å². The lowest BCUT2D eigenvalue weighted by Crippen LogP contribution is -2.00. The van der Waals surface area contributed by atoms with Crippen molar-refractivity contribution in [3.63, 3.8) is 0 Å². The number of hydrogen-bond acceptors (Lipinski definition) is 5. The third-order valence-corrected chi connectivity index (χ3v) is 4.47. The number of aromatic hydroxyl groups is 1. The molecule has 3 aromatic rings. The summed E-state index contributed by atoms with van der Waals surface area (Å²) in [5, 5.41) is 14.3. The number of aryl methyl sites for hydroxylation is 1. The fraction of sp³-hybridized carbons (Fsp3) is 0.0556. The van der Waals surface area contributed by atoms with Crippen molar-refractivity contribution in [2.24, 2.45) is 5.10 Å². The number of benzene rings is 2. The Morgan fingerprint density at radius 1 is 1.15 bits per heavy atom. The summed E-state index contributed by atoms with van der Waals surface area (Å²) in [6.07, 6.45) is 1.37. The maximum Gasteiger partial charge on any atom is 0.165 e. The Bertz CT molecular complexity index is 995. The Kier molecular flexibility index (Phi) is 5.63. The summed E-state index contributed by atoms with van der Waals surface area (Å²) in [7, 11) is 0. The van der Waals surface area contributed by atoms with Gasteiger partial charge in [-0.25, -0.2) is 14.4 Å². The van der Waals surface area contributed by atoms with Gasteiger partial charge in [-0.3, -0.25) is 5.43 Å². The molecule has 0 bridgehead atoms. The maximum atomic E-state index is 13.6. The van der Waals surface area contributed by atoms with Gasteiger partial charge in [-0.05, 0) is 41.1 Å². The molecule has 1 aromatic heterocycles. The molecule has 0 aliphatic carbocycles. The predicted octanol–water partition coefficient (Wildman–Crippen LogP) is 5.27. The van der Waals surface area contributed by atoms with E-state index in [1.54, 1.807) is 43.3 Å². The van der Waals surface area contributed by atoms with E-state index < -0.39 is 0 Å². The molecule has 8 heteroatoms. The molecule has 0 saturated heterocycles. The van der Waals surface area contributed by atoms with Crippen molar-refractivity contribution in [3.8, 4) is 17.1 Å². The molecule has 1 heterocycles. The van der Waals surface area contributed by atoms with Crippen molar-refractivity contribution in [1.82, 2.24) is 9.97 Å². The van der Waals surface area contributed by atoms with Crippen molar-refractivity contribution >= 4 is 43.9 Å². The Labute approximate surface area is 166 Å². The summed E-state index contributed by atoms with van der Waals surface area (Å²) in [4.78, 5) is 8.73. The highest BCUT2D eigenvalue weighted by Gasteiger charge is 2.13. The summed E-state index contributed by atoms with van der Waals surface area (Å²) < 4.78 is 14.9. The molecular weight excluding hydrogens is 467 g/mol. The molecule has 3 rings (SSSR count). The van der Waals surface area contributed by atoms with Crippen LogP contribution in [0.1, 0.15) is 11.3 Å². The van der Waals surface area contributed by atoms with E-state index in [9.17, 15) is 9.50 Å². The molecule has 5 nitrogen and oxygen atoms in total. The lowest BCUT2D eigenvalue weighted by atomic mass is 10.2. The van der Waals surface area contributed by atoms with Gasteiger partial charge in [0.05, 0.1) is 16.3 Å². The van der Waals surface area contributed by atoms with Crippen LogP contribution in [0.3, 0.4) is 0 Å². The zero-order chi connectivity index (χ0) is 18.7. The molecule has 132 valence electrons. The van der Waals surface area contributed by atoms with Gasteiger partial charge in [-0.2, -0.15) is 5.10 Å². The third-order valence-electron chi connectivity index (χ3n) is 3.41. The van der Waals surface area contributed by atoms with Gasteiger partial charge in [0, 0.05) is 21.8 Å². The quantitative estimate of drug-likeness (QED) is 0.395. The normalized spacial score (nSPS) is 11.1. The maximum absolute atomic E-state index is 13.6. The minimum atomic E-state index is -0.360. The van der Waals surface area contributed by atoms with Crippen LogP contribution in [0.25, 0.3) is 11.4 Å². The predicted molar refractivity (Wildman–Crippen MR) is 107 cm³/mol. The van der Waals surface area contributed by atoms with Crippen LogP contribution in [0.4, 0.5) is 10.2 Å². The van der Waals surface area contributed by atoms with Crippen LogP contribution in [0, 0.1) is 12.7 Å². The van der Waals surface area contributed by atoms with Crippen molar-refractivity contribution in [2.45, 2.75) is 6.92 Å². The van der Waals surface area contributed by atoms with Gasteiger partial charge >= 0.3 is 0 Å². The highest BCUT2D eigenvalue weighted by Crippen LogP contribution is 2.37. The van der Waals surface area contributed by atoms with Crippen molar-refractivity contribution in [2.75, 3.05) is 5.43 Å². The van der Waals surface area contributed by atoms with E-state index in [2.05, 4.69) is 52.4 Å². The molecule has 0 unspecified atom stereocenters. The van der Waals surface area contributed by atoms with Gasteiger partial charge in [-0.1, -0.05) is 34.1 Å². The number of nitrogens with zero attached hydrogens (tertiary/aromatic N) is 3. The molecule has 26 heavy (non-hydrogen) atoms. The molecule has 2 N–H and O–H groups in total. The second kappa shape index (κ2) is 7.92. The van der Waals surface area contributed by atoms with Crippen LogP contribution in [0.15, 0.2) is 56.5 Å². The van der Waals surface area contributed by atoms with Crippen molar-refractivity contribution in [3.05, 3.63) is 68.5 Å². The van der Waals surface area contributed by atoms with Crippen molar-refractivity contribution in [1.29, 1.82) is 0 Å². The first-order valence-electron chi connectivity index (χ1n) is 7.51. The highest BCUT2D eigenvalue weighted by atomic mass is 79.9. The van der Waals surface area contributed by atoms with E-state index >= 15 is 0 Å². The van der Waals surface area contributed by atoms with Crippen LogP contribution in [0.5, 0.6) is 5.75 Å². The minimum absolute atomic E-state index is 0.0413. The monoisotopic (exact) mass is 478 g/mol. The molecular formula is C18H13Br2FN4O. The number of phenolic OH excluding ortho intramolecular Hbond substituents is 1. The summed E-state index contributed by atoms with van der Waals surface area (Å²) in [6.45, 7) is 1.81. The number of rotatable bonds is 4. The lowest BCUT2D eigenvalue weighted by Gasteiger charge is -2.09. The summed E-state index contributed by atoms with van der Waals surface area (Å²) in [5.74, 6) is 0.449. The largest absolute Gasteiger partial charge is 0.506 e. The number of aromatic nitrogens is 2. The average molecular weight is 480 g/mol. The minimum Gasteiger partial charge on any atom is -0.506 e. The van der Waals surface area contributed by atoms with Crippen molar-refractivity contribution < 1.29 is 9.50 Å². The molecule has 0 spiro atoms. The number of hydrogen-bond donors (Lipinski definition) is 2. The fourth-order valence-electron chi connectivity index (χ4n) is 2.23. The Morgan fingerprint density at radius 3 is 2.69 bits per heavy atom. The topological polar surface area (TPSA) is 70.4 Å². The van der Waals surface area contributed by atoms with Gasteiger partial charge in [0.15, 0.2) is 11.6 Å². The summed E-state index contributed by atoms with van der Waals surface area (Å²) >= 11 is 6.68. The fourth-order valence-corrected chi connectivity index (χ4v) is 3.46. The average Bonchev–Trinajstić information content (AvgIpc) is 2.59. The SMILES string of the molecule is Cc1cc(N/N=C\c2ccccc2F)nc(-c2cc(Br)cc(Br)c2O)n1. The van der Waals surface area contributed by atoms with Crippen LogP contribution >= 0.6 is 31.9 Å². The Hall–Kier alpha value is -2.32. The molecule has 0 aliphatic heterocycles. The first-order valence-corrected chi connectivity index (χ1v) is 9.10. The molecule has 0 amide bonds.